The van der Waals surface area contributed by atoms with E-state index in [1.54, 1.807) is 13.0 Å². The van der Waals surface area contributed by atoms with E-state index in [4.69, 9.17) is 16.3 Å². The summed E-state index contributed by atoms with van der Waals surface area (Å²) in [4.78, 5) is 11.9. The number of hydrogen-bond acceptors (Lipinski definition) is 4. The molecule has 1 aliphatic rings. The summed E-state index contributed by atoms with van der Waals surface area (Å²) in [5.74, 6) is -0.370. The predicted molar refractivity (Wildman–Crippen MR) is 61.7 cm³/mol. The fourth-order valence-electron chi connectivity index (χ4n) is 1.68. The SMILES string of the molecule is CCOc1cccc2c1C(=O)N(CCl)S2(=O)=O. The Kier molecular flexibility index (Phi) is 3.01. The Morgan fingerprint density at radius 2 is 2.12 bits per heavy atom. The highest BCUT2D eigenvalue weighted by Gasteiger charge is 2.42. The maximum absolute atomic E-state index is 11.9. The zero-order valence-electron chi connectivity index (χ0n) is 9.01. The molecule has 0 fully saturated rings. The van der Waals surface area contributed by atoms with Gasteiger partial charge in [-0.15, -0.1) is 11.6 Å². The zero-order valence-corrected chi connectivity index (χ0v) is 10.6. The minimum absolute atomic E-state index is 0.0471. The van der Waals surface area contributed by atoms with Gasteiger partial charge in [-0.2, -0.15) is 0 Å². The zero-order chi connectivity index (χ0) is 12.6. The molecule has 1 aromatic carbocycles. The van der Waals surface area contributed by atoms with E-state index in [1.807, 2.05) is 0 Å². The van der Waals surface area contributed by atoms with E-state index in [1.165, 1.54) is 12.1 Å². The molecule has 1 heterocycles. The Balaban J connectivity index is 2.68. The third-order valence-electron chi connectivity index (χ3n) is 2.40. The van der Waals surface area contributed by atoms with Crippen LogP contribution in [-0.4, -0.2) is 31.2 Å². The number of alkyl halides is 1. The first-order valence-corrected chi connectivity index (χ1v) is 6.90. The van der Waals surface area contributed by atoms with Gasteiger partial charge in [0.2, 0.25) is 0 Å². The largest absolute Gasteiger partial charge is 0.493 e. The lowest BCUT2D eigenvalue weighted by molar-refractivity contribution is 0.0882. The first-order chi connectivity index (χ1) is 8.04. The molecule has 2 rings (SSSR count). The fraction of sp³-hybridized carbons (Fsp3) is 0.300. The smallest absolute Gasteiger partial charge is 0.273 e. The summed E-state index contributed by atoms with van der Waals surface area (Å²) in [5, 5.41) is 0. The van der Waals surface area contributed by atoms with Crippen LogP contribution in [0.3, 0.4) is 0 Å². The van der Waals surface area contributed by atoms with E-state index < -0.39 is 21.9 Å². The number of ether oxygens (including phenoxy) is 1. The van der Waals surface area contributed by atoms with Gasteiger partial charge in [-0.05, 0) is 19.1 Å². The lowest BCUT2D eigenvalue weighted by Gasteiger charge is -2.09. The number of amides is 1. The monoisotopic (exact) mass is 275 g/mol. The van der Waals surface area contributed by atoms with Crippen LogP contribution in [-0.2, 0) is 10.0 Å². The summed E-state index contributed by atoms with van der Waals surface area (Å²) in [6.45, 7) is 2.11. The summed E-state index contributed by atoms with van der Waals surface area (Å²) in [6, 6.07) is 4.07. The molecule has 0 radical (unpaired) electrons. The molecule has 92 valence electrons. The van der Waals surface area contributed by atoms with E-state index in [0.29, 0.717) is 10.9 Å². The molecule has 1 aliphatic heterocycles. The van der Waals surface area contributed by atoms with Gasteiger partial charge in [0, 0.05) is 0 Å². The molecule has 0 spiro atoms. The van der Waals surface area contributed by atoms with Gasteiger partial charge in [0.15, 0.2) is 0 Å². The minimum Gasteiger partial charge on any atom is -0.493 e. The third-order valence-corrected chi connectivity index (χ3v) is 4.56. The van der Waals surface area contributed by atoms with Gasteiger partial charge in [0.1, 0.15) is 22.2 Å². The second kappa shape index (κ2) is 4.19. The number of halogens is 1. The van der Waals surface area contributed by atoms with Crippen molar-refractivity contribution in [1.82, 2.24) is 4.31 Å². The predicted octanol–water partition coefficient (Wildman–Crippen LogP) is 1.43. The van der Waals surface area contributed by atoms with Crippen molar-refractivity contribution in [3.63, 3.8) is 0 Å². The molecule has 17 heavy (non-hydrogen) atoms. The van der Waals surface area contributed by atoms with Crippen molar-refractivity contribution in [2.45, 2.75) is 11.8 Å². The van der Waals surface area contributed by atoms with Gasteiger partial charge < -0.3 is 4.74 Å². The van der Waals surface area contributed by atoms with Crippen LogP contribution in [0.2, 0.25) is 0 Å². The summed E-state index contributed by atoms with van der Waals surface area (Å²) in [7, 11) is -3.81. The lowest BCUT2D eigenvalue weighted by Crippen LogP contribution is -2.28. The molecule has 0 saturated carbocycles. The number of carbonyl (C=O) groups is 1. The van der Waals surface area contributed by atoms with Crippen LogP contribution in [0.25, 0.3) is 0 Å². The summed E-state index contributed by atoms with van der Waals surface area (Å²) in [6.07, 6.45) is 0. The summed E-state index contributed by atoms with van der Waals surface area (Å²) < 4.78 is 29.8. The van der Waals surface area contributed by atoms with E-state index in [9.17, 15) is 13.2 Å². The summed E-state index contributed by atoms with van der Waals surface area (Å²) in [5.41, 5.74) is 0.0648. The Labute approximate surface area is 104 Å². The van der Waals surface area contributed by atoms with Crippen molar-refractivity contribution in [3.05, 3.63) is 23.8 Å². The molecule has 0 aliphatic carbocycles. The number of rotatable bonds is 3. The maximum atomic E-state index is 11.9. The fourth-order valence-corrected chi connectivity index (χ4v) is 3.55. The number of sulfonamides is 1. The average molecular weight is 276 g/mol. The molecule has 5 nitrogen and oxygen atoms in total. The van der Waals surface area contributed by atoms with Crippen LogP contribution in [0, 0.1) is 0 Å². The van der Waals surface area contributed by atoms with Crippen molar-refractivity contribution in [3.8, 4) is 5.75 Å². The standard InChI is InChI=1S/C10H10ClNO4S/c1-2-16-7-4-3-5-8-9(7)10(13)12(6-11)17(8,14)15/h3-5H,2,6H2,1H3. The van der Waals surface area contributed by atoms with Crippen LogP contribution >= 0.6 is 11.6 Å². The molecule has 0 unspecified atom stereocenters. The number of benzene rings is 1. The van der Waals surface area contributed by atoms with Crippen LogP contribution in [0.1, 0.15) is 17.3 Å². The van der Waals surface area contributed by atoms with E-state index in [0.717, 1.165) is 0 Å². The van der Waals surface area contributed by atoms with E-state index in [-0.39, 0.29) is 16.2 Å². The van der Waals surface area contributed by atoms with Gasteiger partial charge in [0.25, 0.3) is 15.9 Å². The molecule has 0 aromatic heterocycles. The molecule has 0 saturated heterocycles. The Morgan fingerprint density at radius 3 is 2.71 bits per heavy atom. The van der Waals surface area contributed by atoms with Gasteiger partial charge in [-0.1, -0.05) is 6.07 Å². The Morgan fingerprint density at radius 1 is 1.41 bits per heavy atom. The molecule has 1 amide bonds. The van der Waals surface area contributed by atoms with Crippen molar-refractivity contribution >= 4 is 27.5 Å². The molecular weight excluding hydrogens is 266 g/mol. The Hall–Kier alpha value is -1.27. The van der Waals surface area contributed by atoms with Crippen LogP contribution in [0.4, 0.5) is 0 Å². The molecular formula is C10H10ClNO4S. The quantitative estimate of drug-likeness (QED) is 0.618. The second-order valence-corrected chi connectivity index (χ2v) is 5.41. The average Bonchev–Trinajstić information content (AvgIpc) is 2.48. The molecule has 1 aromatic rings. The van der Waals surface area contributed by atoms with Crippen LogP contribution in [0.5, 0.6) is 5.75 Å². The number of nitrogens with zero attached hydrogens (tertiary/aromatic N) is 1. The Bertz CT molecular complexity index is 570. The lowest BCUT2D eigenvalue weighted by atomic mass is 10.2. The highest BCUT2D eigenvalue weighted by atomic mass is 35.5. The van der Waals surface area contributed by atoms with E-state index >= 15 is 0 Å². The van der Waals surface area contributed by atoms with Crippen molar-refractivity contribution in [2.24, 2.45) is 0 Å². The highest BCUT2D eigenvalue weighted by molar-refractivity contribution is 7.90. The molecule has 0 N–H and O–H groups in total. The van der Waals surface area contributed by atoms with Crippen LogP contribution in [0.15, 0.2) is 23.1 Å². The molecule has 7 heteroatoms. The van der Waals surface area contributed by atoms with Crippen molar-refractivity contribution in [1.29, 1.82) is 0 Å². The van der Waals surface area contributed by atoms with Crippen molar-refractivity contribution < 1.29 is 17.9 Å². The van der Waals surface area contributed by atoms with Gasteiger partial charge in [-0.25, -0.2) is 12.7 Å². The normalized spacial score (nSPS) is 17.1. The highest BCUT2D eigenvalue weighted by Crippen LogP contribution is 2.36. The first-order valence-electron chi connectivity index (χ1n) is 4.93. The minimum atomic E-state index is -3.81. The maximum Gasteiger partial charge on any atom is 0.273 e. The molecule has 0 atom stereocenters. The summed E-state index contributed by atoms with van der Waals surface area (Å²) >= 11 is 5.49. The van der Waals surface area contributed by atoms with Gasteiger partial charge in [-0.3, -0.25) is 4.79 Å². The van der Waals surface area contributed by atoms with Gasteiger partial charge in [0.05, 0.1) is 6.61 Å². The van der Waals surface area contributed by atoms with Gasteiger partial charge >= 0.3 is 0 Å². The number of carbonyl (C=O) groups excluding carboxylic acids is 1. The second-order valence-electron chi connectivity index (χ2n) is 3.34. The van der Waals surface area contributed by atoms with Crippen molar-refractivity contribution in [2.75, 3.05) is 12.6 Å². The van der Waals surface area contributed by atoms with Crippen LogP contribution < -0.4 is 4.74 Å². The third kappa shape index (κ3) is 1.68. The first kappa shape index (κ1) is 12.2. The topological polar surface area (TPSA) is 63.7 Å². The molecule has 0 bridgehead atoms. The number of fused-ring (bicyclic) bond motifs is 1. The number of hydrogen-bond donors (Lipinski definition) is 0. The van der Waals surface area contributed by atoms with E-state index in [2.05, 4.69) is 0 Å².